The maximum absolute atomic E-state index is 13.0. The highest BCUT2D eigenvalue weighted by Gasteiger charge is 2.34. The zero-order valence-electron chi connectivity index (χ0n) is 17.3. The maximum Gasteiger partial charge on any atom is 0.417 e. The van der Waals surface area contributed by atoms with Gasteiger partial charge in [-0.05, 0) is 45.0 Å². The van der Waals surface area contributed by atoms with Gasteiger partial charge in [-0.3, -0.25) is 0 Å². The van der Waals surface area contributed by atoms with E-state index in [0.29, 0.717) is 23.5 Å². The number of hydrogen-bond acceptors (Lipinski definition) is 6. The number of halogens is 4. The molecule has 0 unspecified atom stereocenters. The summed E-state index contributed by atoms with van der Waals surface area (Å²) in [5.41, 5.74) is 0.507. The quantitative estimate of drug-likeness (QED) is 0.492. The Labute approximate surface area is 187 Å². The van der Waals surface area contributed by atoms with Gasteiger partial charge in [0, 0.05) is 24.8 Å². The number of rotatable bonds is 7. The van der Waals surface area contributed by atoms with E-state index in [9.17, 15) is 21.6 Å². The van der Waals surface area contributed by atoms with Crippen molar-refractivity contribution in [3.05, 3.63) is 58.1 Å². The Hall–Kier alpha value is -2.70. The average molecular weight is 489 g/mol. The van der Waals surface area contributed by atoms with E-state index < -0.39 is 31.7 Å². The van der Waals surface area contributed by atoms with Crippen molar-refractivity contribution in [2.24, 2.45) is 0 Å². The van der Waals surface area contributed by atoms with Gasteiger partial charge < -0.3 is 5.32 Å². The molecule has 2 heterocycles. The number of anilines is 1. The lowest BCUT2D eigenvalue weighted by Gasteiger charge is -2.13. The van der Waals surface area contributed by atoms with E-state index in [-0.39, 0.29) is 13.1 Å². The number of hydrogen-bond donors (Lipinski definition) is 2. The smallest absolute Gasteiger partial charge is 0.369 e. The van der Waals surface area contributed by atoms with Crippen molar-refractivity contribution in [3.63, 3.8) is 0 Å². The predicted octanol–water partition coefficient (Wildman–Crippen LogP) is 3.65. The fourth-order valence-electron chi connectivity index (χ4n) is 2.96. The first-order chi connectivity index (χ1) is 14.9. The van der Waals surface area contributed by atoms with E-state index in [1.165, 1.54) is 0 Å². The number of alkyl halides is 3. The van der Waals surface area contributed by atoms with Gasteiger partial charge in [0.1, 0.15) is 11.6 Å². The lowest BCUT2D eigenvalue weighted by molar-refractivity contribution is -0.137. The summed E-state index contributed by atoms with van der Waals surface area (Å²) in [6.45, 7) is 5.50. The van der Waals surface area contributed by atoms with Crippen LogP contribution in [0.4, 0.5) is 19.0 Å². The van der Waals surface area contributed by atoms with Crippen LogP contribution in [0, 0.1) is 20.8 Å². The largest absolute Gasteiger partial charge is 0.417 e. The van der Waals surface area contributed by atoms with E-state index in [4.69, 9.17) is 11.6 Å². The van der Waals surface area contributed by atoms with Gasteiger partial charge in [0.2, 0.25) is 10.0 Å². The second-order valence-electron chi connectivity index (χ2n) is 6.96. The molecule has 0 aliphatic carbocycles. The molecule has 0 aliphatic heterocycles. The van der Waals surface area contributed by atoms with Crippen molar-refractivity contribution >= 4 is 27.4 Å². The zero-order valence-corrected chi connectivity index (χ0v) is 18.9. The van der Waals surface area contributed by atoms with Crippen LogP contribution in [-0.2, 0) is 16.2 Å². The molecule has 3 rings (SSSR count). The summed E-state index contributed by atoms with van der Waals surface area (Å²) in [6.07, 6.45) is -4.77. The van der Waals surface area contributed by atoms with Crippen molar-refractivity contribution < 1.29 is 21.6 Å². The molecule has 1 aromatic carbocycles. The molecule has 0 atom stereocenters. The highest BCUT2D eigenvalue weighted by molar-refractivity contribution is 7.89. The summed E-state index contributed by atoms with van der Waals surface area (Å²) in [4.78, 5) is 8.08. The van der Waals surface area contributed by atoms with E-state index in [0.717, 1.165) is 23.5 Å². The fraction of sp³-hybridized carbons (Fsp3) is 0.316. The first kappa shape index (κ1) is 24.0. The summed E-state index contributed by atoms with van der Waals surface area (Å²) >= 11 is 5.54. The van der Waals surface area contributed by atoms with Crippen LogP contribution in [0.15, 0.2) is 35.2 Å². The third-order valence-electron chi connectivity index (χ3n) is 4.33. The molecule has 0 radical (unpaired) electrons. The highest BCUT2D eigenvalue weighted by Crippen LogP contribution is 2.35. The maximum atomic E-state index is 13.0. The third-order valence-corrected chi connectivity index (χ3v) is 6.12. The van der Waals surface area contributed by atoms with E-state index in [1.54, 1.807) is 17.7 Å². The van der Waals surface area contributed by atoms with Crippen molar-refractivity contribution in [3.8, 4) is 5.82 Å². The SMILES string of the molecule is Cc1cc(C)n(-c2cc(NCCNS(=O)(=O)c3ccc(Cl)c(C(F)(F)F)c3)nc(C)n2)n1. The van der Waals surface area contributed by atoms with Crippen LogP contribution < -0.4 is 10.0 Å². The number of nitrogens with one attached hydrogen (secondary N) is 2. The Balaban J connectivity index is 1.67. The molecule has 0 fully saturated rings. The molecule has 0 spiro atoms. The summed E-state index contributed by atoms with van der Waals surface area (Å²) in [5, 5.41) is 6.77. The molecule has 13 heteroatoms. The molecule has 0 saturated carbocycles. The van der Waals surface area contributed by atoms with Crippen LogP contribution in [0.5, 0.6) is 0 Å². The van der Waals surface area contributed by atoms with Gasteiger partial charge in [0.25, 0.3) is 0 Å². The second kappa shape index (κ2) is 9.04. The van der Waals surface area contributed by atoms with Crippen molar-refractivity contribution in [1.29, 1.82) is 0 Å². The molecule has 32 heavy (non-hydrogen) atoms. The number of benzene rings is 1. The molecule has 172 valence electrons. The summed E-state index contributed by atoms with van der Waals surface area (Å²) in [5.74, 6) is 1.48. The zero-order chi connectivity index (χ0) is 23.7. The van der Waals surface area contributed by atoms with Crippen LogP contribution in [0.3, 0.4) is 0 Å². The normalized spacial score (nSPS) is 12.2. The minimum Gasteiger partial charge on any atom is -0.369 e. The third kappa shape index (κ3) is 5.56. The van der Waals surface area contributed by atoms with Gasteiger partial charge in [0.15, 0.2) is 5.82 Å². The number of nitrogens with zero attached hydrogens (tertiary/aromatic N) is 4. The van der Waals surface area contributed by atoms with E-state index >= 15 is 0 Å². The lowest BCUT2D eigenvalue weighted by atomic mass is 10.2. The minimum absolute atomic E-state index is 0.0927. The second-order valence-corrected chi connectivity index (χ2v) is 9.14. The van der Waals surface area contributed by atoms with Crippen LogP contribution in [-0.4, -0.2) is 41.3 Å². The van der Waals surface area contributed by atoms with Crippen molar-refractivity contribution in [2.75, 3.05) is 18.4 Å². The standard InChI is InChI=1S/C19H20ClF3N6O2S/c1-11-8-12(2)29(28-11)18-10-17(26-13(3)27-18)24-6-7-25-32(30,31)14-4-5-16(20)15(9-14)19(21,22)23/h4-5,8-10,25H,6-7H2,1-3H3,(H,24,26,27). The van der Waals surface area contributed by atoms with Gasteiger partial charge in [-0.2, -0.15) is 18.3 Å². The Morgan fingerprint density at radius 3 is 2.41 bits per heavy atom. The van der Waals surface area contributed by atoms with E-state index in [2.05, 4.69) is 25.1 Å². The van der Waals surface area contributed by atoms with Crippen LogP contribution in [0.25, 0.3) is 5.82 Å². The summed E-state index contributed by atoms with van der Waals surface area (Å²) in [6, 6.07) is 5.99. The first-order valence-electron chi connectivity index (χ1n) is 9.36. The summed E-state index contributed by atoms with van der Waals surface area (Å²) in [7, 11) is -4.17. The summed E-state index contributed by atoms with van der Waals surface area (Å²) < 4.78 is 67.7. The molecule has 3 aromatic rings. The van der Waals surface area contributed by atoms with Gasteiger partial charge in [-0.1, -0.05) is 11.6 Å². The molecule has 0 saturated heterocycles. The fourth-order valence-corrected chi connectivity index (χ4v) is 4.24. The topological polar surface area (TPSA) is 102 Å². The number of aryl methyl sites for hydroxylation is 3. The Morgan fingerprint density at radius 1 is 1.06 bits per heavy atom. The average Bonchev–Trinajstić information content (AvgIpc) is 3.02. The number of aromatic nitrogens is 4. The lowest BCUT2D eigenvalue weighted by Crippen LogP contribution is -2.29. The van der Waals surface area contributed by atoms with Crippen LogP contribution >= 0.6 is 11.6 Å². The molecule has 0 aliphatic rings. The number of sulfonamides is 1. The van der Waals surface area contributed by atoms with Gasteiger partial charge in [-0.15, -0.1) is 0 Å². The van der Waals surface area contributed by atoms with Gasteiger partial charge in [-0.25, -0.2) is 27.8 Å². The molecule has 0 bridgehead atoms. The molecule has 0 amide bonds. The van der Waals surface area contributed by atoms with Crippen LogP contribution in [0.2, 0.25) is 5.02 Å². The Morgan fingerprint density at radius 2 is 1.78 bits per heavy atom. The van der Waals surface area contributed by atoms with Gasteiger partial charge >= 0.3 is 6.18 Å². The molecule has 2 N–H and O–H groups in total. The predicted molar refractivity (Wildman–Crippen MR) is 113 cm³/mol. The Bertz CT molecular complexity index is 1240. The van der Waals surface area contributed by atoms with E-state index in [1.807, 2.05) is 19.9 Å². The first-order valence-corrected chi connectivity index (χ1v) is 11.2. The highest BCUT2D eigenvalue weighted by atomic mass is 35.5. The van der Waals surface area contributed by atoms with Gasteiger partial charge in [0.05, 0.1) is 21.2 Å². The molecular formula is C19H20ClF3N6O2S. The van der Waals surface area contributed by atoms with Crippen molar-refractivity contribution in [2.45, 2.75) is 31.8 Å². The Kier molecular flexibility index (Phi) is 6.77. The molecule has 8 nitrogen and oxygen atoms in total. The molecule has 2 aromatic heterocycles. The minimum atomic E-state index is -4.77. The van der Waals surface area contributed by atoms with Crippen molar-refractivity contribution in [1.82, 2.24) is 24.5 Å². The monoisotopic (exact) mass is 488 g/mol. The van der Waals surface area contributed by atoms with Crippen LogP contribution in [0.1, 0.15) is 22.8 Å². The molecular weight excluding hydrogens is 469 g/mol.